The van der Waals surface area contributed by atoms with Gasteiger partial charge in [-0.1, -0.05) is 19.9 Å². The van der Waals surface area contributed by atoms with Gasteiger partial charge in [0.15, 0.2) is 0 Å². The van der Waals surface area contributed by atoms with E-state index in [9.17, 15) is 39.5 Å². The molecule has 0 saturated carbocycles. The van der Waals surface area contributed by atoms with Crippen molar-refractivity contribution in [1.82, 2.24) is 0 Å². The predicted octanol–water partition coefficient (Wildman–Crippen LogP) is 7.80. The zero-order valence-corrected chi connectivity index (χ0v) is 15.1. The summed E-state index contributed by atoms with van der Waals surface area (Å²) in [7, 11) is 0. The molecule has 1 unspecified atom stereocenters. The standard InChI is InChI=1S/C19H15F9O/c1-3-10(2)11-4-12(8-16(7-11)29-19(26,27)28)13-5-14(17(20,21)22)9-15(6-13)18(23,24)25/h4-10H,3H2,1-2H3. The minimum absolute atomic E-state index is 0.0465. The van der Waals surface area contributed by atoms with E-state index in [1.54, 1.807) is 13.8 Å². The molecule has 0 aliphatic rings. The maximum Gasteiger partial charge on any atom is 0.573 e. The topological polar surface area (TPSA) is 9.23 Å². The molecule has 0 saturated heterocycles. The van der Waals surface area contributed by atoms with Crippen molar-refractivity contribution in [2.45, 2.75) is 44.9 Å². The molecule has 1 atom stereocenters. The summed E-state index contributed by atoms with van der Waals surface area (Å²) in [5, 5.41) is 0. The fourth-order valence-corrected chi connectivity index (χ4v) is 2.62. The molecule has 0 radical (unpaired) electrons. The van der Waals surface area contributed by atoms with Crippen LogP contribution in [-0.2, 0) is 12.4 Å². The second kappa shape index (κ2) is 7.79. The Hall–Kier alpha value is -2.39. The van der Waals surface area contributed by atoms with Gasteiger partial charge in [0.05, 0.1) is 11.1 Å². The van der Waals surface area contributed by atoms with Crippen LogP contribution in [-0.4, -0.2) is 6.36 Å². The van der Waals surface area contributed by atoms with Crippen molar-refractivity contribution in [3.05, 3.63) is 53.1 Å². The molecule has 0 bridgehead atoms. The summed E-state index contributed by atoms with van der Waals surface area (Å²) in [6.45, 7) is 3.39. The van der Waals surface area contributed by atoms with E-state index in [2.05, 4.69) is 4.74 Å². The highest BCUT2D eigenvalue weighted by molar-refractivity contribution is 5.68. The first-order chi connectivity index (χ1) is 13.1. The molecule has 0 spiro atoms. The van der Waals surface area contributed by atoms with Crippen molar-refractivity contribution in [2.75, 3.05) is 0 Å². The quantitative estimate of drug-likeness (QED) is 0.450. The Kier molecular flexibility index (Phi) is 6.15. The first-order valence-electron chi connectivity index (χ1n) is 8.30. The number of halogens is 9. The normalized spacial score (nSPS) is 14.0. The summed E-state index contributed by atoms with van der Waals surface area (Å²) in [5.41, 5.74) is -3.61. The number of alkyl halides is 9. The molecule has 2 aromatic rings. The number of hydrogen-bond acceptors (Lipinski definition) is 1. The van der Waals surface area contributed by atoms with Gasteiger partial charge < -0.3 is 4.74 Å². The van der Waals surface area contributed by atoms with Crippen LogP contribution in [0.15, 0.2) is 36.4 Å². The van der Waals surface area contributed by atoms with Crippen LogP contribution in [0.2, 0.25) is 0 Å². The highest BCUT2D eigenvalue weighted by Gasteiger charge is 2.37. The Labute approximate surface area is 160 Å². The molecule has 2 rings (SSSR count). The highest BCUT2D eigenvalue weighted by Crippen LogP contribution is 2.40. The summed E-state index contributed by atoms with van der Waals surface area (Å²) in [6.07, 6.45) is -14.7. The average molecular weight is 430 g/mol. The number of ether oxygens (including phenoxy) is 1. The van der Waals surface area contributed by atoms with Crippen LogP contribution < -0.4 is 4.74 Å². The molecular weight excluding hydrogens is 415 g/mol. The predicted molar refractivity (Wildman–Crippen MR) is 87.3 cm³/mol. The van der Waals surface area contributed by atoms with Gasteiger partial charge in [-0.05, 0) is 59.4 Å². The first-order valence-corrected chi connectivity index (χ1v) is 8.30. The van der Waals surface area contributed by atoms with E-state index in [0.717, 1.165) is 12.1 Å². The van der Waals surface area contributed by atoms with Gasteiger partial charge in [-0.3, -0.25) is 0 Å². The van der Waals surface area contributed by atoms with E-state index in [1.165, 1.54) is 6.07 Å². The van der Waals surface area contributed by atoms with Crippen molar-refractivity contribution in [2.24, 2.45) is 0 Å². The van der Waals surface area contributed by atoms with E-state index >= 15 is 0 Å². The minimum atomic E-state index is -5.07. The van der Waals surface area contributed by atoms with Crippen molar-refractivity contribution >= 4 is 0 Å². The lowest BCUT2D eigenvalue weighted by Crippen LogP contribution is -2.17. The van der Waals surface area contributed by atoms with Gasteiger partial charge in [-0.2, -0.15) is 26.3 Å². The van der Waals surface area contributed by atoms with Crippen LogP contribution >= 0.6 is 0 Å². The summed E-state index contributed by atoms with van der Waals surface area (Å²) in [5.74, 6) is -1.03. The third-order valence-electron chi connectivity index (χ3n) is 4.26. The molecule has 0 aromatic heterocycles. The Morgan fingerprint density at radius 3 is 1.62 bits per heavy atom. The lowest BCUT2D eigenvalue weighted by atomic mass is 9.92. The maximum atomic E-state index is 13.1. The van der Waals surface area contributed by atoms with Crippen LogP contribution in [0.1, 0.15) is 42.9 Å². The van der Waals surface area contributed by atoms with E-state index < -0.39 is 41.2 Å². The average Bonchev–Trinajstić information content (AvgIpc) is 2.57. The Balaban J connectivity index is 2.72. The molecule has 1 nitrogen and oxygen atoms in total. The number of hydrogen-bond donors (Lipinski definition) is 0. The van der Waals surface area contributed by atoms with Gasteiger partial charge in [-0.25, -0.2) is 0 Å². The van der Waals surface area contributed by atoms with Gasteiger partial charge in [0.25, 0.3) is 0 Å². The minimum Gasteiger partial charge on any atom is -0.406 e. The first kappa shape index (κ1) is 22.9. The molecule has 10 heteroatoms. The van der Waals surface area contributed by atoms with Crippen molar-refractivity contribution in [1.29, 1.82) is 0 Å². The molecule has 0 N–H and O–H groups in total. The molecule has 0 aliphatic heterocycles. The summed E-state index contributed by atoms with van der Waals surface area (Å²) >= 11 is 0. The highest BCUT2D eigenvalue weighted by atomic mass is 19.4. The van der Waals surface area contributed by atoms with Crippen LogP contribution in [0.25, 0.3) is 11.1 Å². The Morgan fingerprint density at radius 2 is 1.21 bits per heavy atom. The van der Waals surface area contributed by atoms with Crippen molar-refractivity contribution < 1.29 is 44.3 Å². The summed E-state index contributed by atoms with van der Waals surface area (Å²) in [4.78, 5) is 0. The van der Waals surface area contributed by atoms with Crippen LogP contribution in [0.3, 0.4) is 0 Å². The number of rotatable bonds is 4. The lowest BCUT2D eigenvalue weighted by Gasteiger charge is -2.18. The molecule has 2 aromatic carbocycles. The molecule has 29 heavy (non-hydrogen) atoms. The Bertz CT molecular complexity index is 831. The zero-order chi connectivity index (χ0) is 22.2. The van der Waals surface area contributed by atoms with Crippen LogP contribution in [0.5, 0.6) is 5.75 Å². The van der Waals surface area contributed by atoms with Gasteiger partial charge in [-0.15, -0.1) is 13.2 Å². The molecule has 0 heterocycles. The van der Waals surface area contributed by atoms with Crippen LogP contribution in [0.4, 0.5) is 39.5 Å². The van der Waals surface area contributed by atoms with Crippen molar-refractivity contribution in [3.63, 3.8) is 0 Å². The third-order valence-corrected chi connectivity index (χ3v) is 4.26. The molecule has 160 valence electrons. The smallest absolute Gasteiger partial charge is 0.406 e. The maximum absolute atomic E-state index is 13.1. The van der Waals surface area contributed by atoms with E-state index in [-0.39, 0.29) is 23.1 Å². The molecule has 0 aliphatic carbocycles. The SMILES string of the molecule is CCC(C)c1cc(OC(F)(F)F)cc(-c2cc(C(F)(F)F)cc(C(F)(F)F)c2)c1. The van der Waals surface area contributed by atoms with Crippen LogP contribution in [0, 0.1) is 0 Å². The third kappa shape index (κ3) is 6.04. The monoisotopic (exact) mass is 430 g/mol. The van der Waals surface area contributed by atoms with Crippen molar-refractivity contribution in [3.8, 4) is 16.9 Å². The number of benzene rings is 2. The van der Waals surface area contributed by atoms with Gasteiger partial charge in [0.1, 0.15) is 5.75 Å². The summed E-state index contributed by atoms with van der Waals surface area (Å²) < 4.78 is 120. The molecular formula is C19H15F9O. The largest absolute Gasteiger partial charge is 0.573 e. The lowest BCUT2D eigenvalue weighted by molar-refractivity contribution is -0.274. The zero-order valence-electron chi connectivity index (χ0n) is 15.1. The van der Waals surface area contributed by atoms with Gasteiger partial charge >= 0.3 is 18.7 Å². The van der Waals surface area contributed by atoms with E-state index in [1.807, 2.05) is 0 Å². The van der Waals surface area contributed by atoms with Gasteiger partial charge in [0.2, 0.25) is 0 Å². The van der Waals surface area contributed by atoms with E-state index in [4.69, 9.17) is 0 Å². The Morgan fingerprint density at radius 1 is 0.724 bits per heavy atom. The summed E-state index contributed by atoms with van der Waals surface area (Å²) in [6, 6.07) is 3.95. The molecule has 0 fully saturated rings. The van der Waals surface area contributed by atoms with E-state index in [0.29, 0.717) is 18.6 Å². The fraction of sp³-hybridized carbons (Fsp3) is 0.368. The second-order valence-corrected chi connectivity index (χ2v) is 6.44. The second-order valence-electron chi connectivity index (χ2n) is 6.44. The molecule has 0 amide bonds. The van der Waals surface area contributed by atoms with Gasteiger partial charge in [0, 0.05) is 0 Å². The fourth-order valence-electron chi connectivity index (χ4n) is 2.62.